The van der Waals surface area contributed by atoms with Crippen LogP contribution in [0.15, 0.2) is 0 Å². The van der Waals surface area contributed by atoms with E-state index in [4.69, 9.17) is 4.74 Å². The van der Waals surface area contributed by atoms with Crippen LogP contribution >= 0.6 is 0 Å². The summed E-state index contributed by atoms with van der Waals surface area (Å²) in [7, 11) is 1.68. The molecule has 1 aliphatic rings. The molecule has 0 unspecified atom stereocenters. The first-order chi connectivity index (χ1) is 8.34. The molecule has 2 N–H and O–H groups in total. The zero-order valence-electron chi connectivity index (χ0n) is 11.9. The average Bonchev–Trinajstić information content (AvgIpc) is 2.28. The Morgan fingerprint density at radius 3 is 2.83 bits per heavy atom. The Kier molecular flexibility index (Phi) is 5.41. The summed E-state index contributed by atoms with van der Waals surface area (Å²) in [5, 5.41) is 12.5. The molecule has 1 rings (SSSR count). The SMILES string of the molecule is COC(C)(C)C[C@@H](C)NC(=O)N1CCC[C@@H](O)C1. The van der Waals surface area contributed by atoms with E-state index in [9.17, 15) is 9.90 Å². The number of nitrogens with one attached hydrogen (secondary N) is 1. The van der Waals surface area contributed by atoms with E-state index in [0.717, 1.165) is 25.8 Å². The molecule has 0 radical (unpaired) electrons. The van der Waals surface area contributed by atoms with Crippen LogP contribution in [0.1, 0.15) is 40.0 Å². The first-order valence-electron chi connectivity index (χ1n) is 6.63. The Morgan fingerprint density at radius 2 is 2.28 bits per heavy atom. The molecular formula is C13H26N2O3. The number of hydrogen-bond donors (Lipinski definition) is 2. The van der Waals surface area contributed by atoms with Gasteiger partial charge in [-0.05, 0) is 40.0 Å². The molecule has 1 aliphatic heterocycles. The predicted octanol–water partition coefficient (Wildman–Crippen LogP) is 1.36. The molecule has 1 saturated heterocycles. The van der Waals surface area contributed by atoms with Gasteiger partial charge in [0.05, 0.1) is 11.7 Å². The average molecular weight is 258 g/mol. The quantitative estimate of drug-likeness (QED) is 0.800. The fourth-order valence-electron chi connectivity index (χ4n) is 2.31. The highest BCUT2D eigenvalue weighted by molar-refractivity contribution is 5.74. The highest BCUT2D eigenvalue weighted by Gasteiger charge is 2.25. The lowest BCUT2D eigenvalue weighted by Crippen LogP contribution is -2.50. The van der Waals surface area contributed by atoms with E-state index in [1.807, 2.05) is 20.8 Å². The first-order valence-corrected chi connectivity index (χ1v) is 6.63. The van der Waals surface area contributed by atoms with Crippen LogP contribution in [0.3, 0.4) is 0 Å². The third-order valence-corrected chi connectivity index (χ3v) is 3.40. The summed E-state index contributed by atoms with van der Waals surface area (Å²) in [6.45, 7) is 7.13. The van der Waals surface area contributed by atoms with Crippen molar-refractivity contribution in [1.29, 1.82) is 0 Å². The molecule has 1 heterocycles. The van der Waals surface area contributed by atoms with E-state index in [2.05, 4.69) is 5.32 Å². The van der Waals surface area contributed by atoms with Crippen LogP contribution in [0.4, 0.5) is 4.79 Å². The molecule has 2 atom stereocenters. The number of rotatable bonds is 4. The van der Waals surface area contributed by atoms with Crippen molar-refractivity contribution in [1.82, 2.24) is 10.2 Å². The van der Waals surface area contributed by atoms with Crippen LogP contribution in [0.5, 0.6) is 0 Å². The van der Waals surface area contributed by atoms with Gasteiger partial charge in [0.1, 0.15) is 0 Å². The lowest BCUT2D eigenvalue weighted by molar-refractivity contribution is 0.00869. The van der Waals surface area contributed by atoms with Crippen LogP contribution in [0.25, 0.3) is 0 Å². The van der Waals surface area contributed by atoms with Gasteiger partial charge in [0, 0.05) is 26.2 Å². The number of ether oxygens (including phenoxy) is 1. The Labute approximate surface area is 109 Å². The minimum absolute atomic E-state index is 0.0477. The third-order valence-electron chi connectivity index (χ3n) is 3.40. The number of carbonyl (C=O) groups excluding carboxylic acids is 1. The number of urea groups is 1. The normalized spacial score (nSPS) is 22.7. The van der Waals surface area contributed by atoms with Gasteiger partial charge in [-0.1, -0.05) is 0 Å². The third kappa shape index (κ3) is 4.82. The van der Waals surface area contributed by atoms with E-state index < -0.39 is 0 Å². The van der Waals surface area contributed by atoms with Gasteiger partial charge >= 0.3 is 6.03 Å². The largest absolute Gasteiger partial charge is 0.391 e. The lowest BCUT2D eigenvalue weighted by Gasteiger charge is -2.32. The Balaban J connectivity index is 2.39. The zero-order valence-corrected chi connectivity index (χ0v) is 11.9. The van der Waals surface area contributed by atoms with Crippen LogP contribution in [-0.4, -0.2) is 54.0 Å². The number of nitrogens with zero attached hydrogens (tertiary/aromatic N) is 1. The van der Waals surface area contributed by atoms with Crippen molar-refractivity contribution in [2.45, 2.75) is 57.8 Å². The van der Waals surface area contributed by atoms with Crippen LogP contribution < -0.4 is 5.32 Å². The number of aliphatic hydroxyl groups is 1. The molecule has 0 aromatic heterocycles. The Bertz CT molecular complexity index is 281. The number of methoxy groups -OCH3 is 1. The van der Waals surface area contributed by atoms with Gasteiger partial charge in [0.2, 0.25) is 0 Å². The van der Waals surface area contributed by atoms with Gasteiger partial charge in [-0.2, -0.15) is 0 Å². The van der Waals surface area contributed by atoms with Gasteiger partial charge in [-0.3, -0.25) is 0 Å². The second-order valence-corrected chi connectivity index (χ2v) is 5.76. The standard InChI is InChI=1S/C13H26N2O3/c1-10(8-13(2,3)18-4)14-12(17)15-7-5-6-11(16)9-15/h10-11,16H,5-9H2,1-4H3,(H,14,17)/t10-,11-/m1/s1. The molecule has 18 heavy (non-hydrogen) atoms. The van der Waals surface area contributed by atoms with Crippen molar-refractivity contribution in [2.24, 2.45) is 0 Å². The van der Waals surface area contributed by atoms with E-state index in [0.29, 0.717) is 6.54 Å². The first kappa shape index (κ1) is 15.2. The van der Waals surface area contributed by atoms with Crippen LogP contribution in [-0.2, 0) is 4.74 Å². The van der Waals surface area contributed by atoms with E-state index >= 15 is 0 Å². The number of piperidine rings is 1. The zero-order chi connectivity index (χ0) is 13.8. The van der Waals surface area contributed by atoms with Crippen LogP contribution in [0, 0.1) is 0 Å². The van der Waals surface area contributed by atoms with Crippen molar-refractivity contribution < 1.29 is 14.6 Å². The molecule has 2 amide bonds. The number of carbonyl (C=O) groups is 1. The molecule has 0 aromatic carbocycles. The molecule has 0 aliphatic carbocycles. The maximum Gasteiger partial charge on any atom is 0.317 e. The topological polar surface area (TPSA) is 61.8 Å². The summed E-state index contributed by atoms with van der Waals surface area (Å²) in [6.07, 6.45) is 2.03. The smallest absolute Gasteiger partial charge is 0.317 e. The highest BCUT2D eigenvalue weighted by Crippen LogP contribution is 2.16. The maximum atomic E-state index is 12.0. The summed E-state index contributed by atoms with van der Waals surface area (Å²) in [5.74, 6) is 0. The number of aliphatic hydroxyl groups excluding tert-OH is 1. The predicted molar refractivity (Wildman–Crippen MR) is 70.5 cm³/mol. The maximum absolute atomic E-state index is 12.0. The van der Waals surface area contributed by atoms with Crippen molar-refractivity contribution in [3.05, 3.63) is 0 Å². The summed E-state index contributed by atoms with van der Waals surface area (Å²) < 4.78 is 5.35. The molecule has 0 aromatic rings. The number of likely N-dealkylation sites (tertiary alicyclic amines) is 1. The summed E-state index contributed by atoms with van der Waals surface area (Å²) in [5.41, 5.74) is -0.242. The van der Waals surface area contributed by atoms with E-state index in [-0.39, 0.29) is 23.8 Å². The number of amides is 2. The fraction of sp³-hybridized carbons (Fsp3) is 0.923. The van der Waals surface area contributed by atoms with Gasteiger partial charge in [-0.25, -0.2) is 4.79 Å². The molecule has 0 spiro atoms. The lowest BCUT2D eigenvalue weighted by atomic mass is 10.00. The molecular weight excluding hydrogens is 232 g/mol. The van der Waals surface area contributed by atoms with Gasteiger partial charge in [0.15, 0.2) is 0 Å². The number of β-amino-alcohol motifs (C(OH)–C–C–N with tert-alkyl or cyclic N) is 1. The van der Waals surface area contributed by atoms with Gasteiger partial charge in [0.25, 0.3) is 0 Å². The molecule has 106 valence electrons. The van der Waals surface area contributed by atoms with Crippen LogP contribution in [0.2, 0.25) is 0 Å². The van der Waals surface area contributed by atoms with Crippen molar-refractivity contribution in [3.8, 4) is 0 Å². The second kappa shape index (κ2) is 6.38. The number of hydrogen-bond acceptors (Lipinski definition) is 3. The van der Waals surface area contributed by atoms with E-state index in [1.165, 1.54) is 0 Å². The van der Waals surface area contributed by atoms with Crippen molar-refractivity contribution in [2.75, 3.05) is 20.2 Å². The fourth-order valence-corrected chi connectivity index (χ4v) is 2.31. The highest BCUT2D eigenvalue weighted by atomic mass is 16.5. The van der Waals surface area contributed by atoms with Crippen molar-refractivity contribution >= 4 is 6.03 Å². The molecule has 0 bridgehead atoms. The molecule has 5 nitrogen and oxygen atoms in total. The van der Waals surface area contributed by atoms with Gasteiger partial charge in [-0.15, -0.1) is 0 Å². The van der Waals surface area contributed by atoms with Gasteiger partial charge < -0.3 is 20.1 Å². The minimum Gasteiger partial charge on any atom is -0.391 e. The summed E-state index contributed by atoms with van der Waals surface area (Å²) in [4.78, 5) is 13.7. The summed E-state index contributed by atoms with van der Waals surface area (Å²) in [6, 6.07) is -0.0420. The molecule has 1 fully saturated rings. The molecule has 5 heteroatoms. The monoisotopic (exact) mass is 258 g/mol. The Hall–Kier alpha value is -0.810. The molecule has 0 saturated carbocycles. The minimum atomic E-state index is -0.379. The summed E-state index contributed by atoms with van der Waals surface area (Å²) >= 11 is 0. The van der Waals surface area contributed by atoms with E-state index in [1.54, 1.807) is 12.0 Å². The second-order valence-electron chi connectivity index (χ2n) is 5.76. The van der Waals surface area contributed by atoms with Crippen molar-refractivity contribution in [3.63, 3.8) is 0 Å². The Morgan fingerprint density at radius 1 is 1.61 bits per heavy atom.